The second kappa shape index (κ2) is 7.26. The number of nitrogens with zero attached hydrogens (tertiary/aromatic N) is 3. The van der Waals surface area contributed by atoms with Crippen LogP contribution in [-0.2, 0) is 19.4 Å². The minimum atomic E-state index is -0.817. The van der Waals surface area contributed by atoms with Gasteiger partial charge in [0.15, 0.2) is 11.6 Å². The van der Waals surface area contributed by atoms with Gasteiger partial charge in [-0.25, -0.2) is 13.8 Å². The molecule has 21 heavy (non-hydrogen) atoms. The summed E-state index contributed by atoms with van der Waals surface area (Å²) >= 11 is 0. The Kier molecular flexibility index (Phi) is 5.38. The number of likely N-dealkylation sites (N-methyl/N-ethyl adjacent to an activating group) is 1. The lowest BCUT2D eigenvalue weighted by atomic mass is 10.0. The van der Waals surface area contributed by atoms with Gasteiger partial charge in [-0.15, -0.1) is 0 Å². The molecule has 1 aromatic heterocycles. The summed E-state index contributed by atoms with van der Waals surface area (Å²) in [6.45, 7) is 2.92. The molecule has 0 saturated heterocycles. The average molecular weight is 294 g/mol. The number of aryl methyl sites for hydroxylation is 1. The third kappa shape index (κ3) is 4.07. The number of hydrogen-bond donors (Lipinski definition) is 1. The first-order valence-electron chi connectivity index (χ1n) is 7.12. The highest BCUT2D eigenvalue weighted by Gasteiger charge is 2.14. The van der Waals surface area contributed by atoms with Crippen LogP contribution >= 0.6 is 0 Å². The SMILES string of the molecule is CCCn1ncnc1CC(Cc1ccc(F)c(F)c1)NC. The lowest BCUT2D eigenvalue weighted by Gasteiger charge is -2.16. The van der Waals surface area contributed by atoms with Gasteiger partial charge in [0.1, 0.15) is 12.2 Å². The highest BCUT2D eigenvalue weighted by atomic mass is 19.2. The van der Waals surface area contributed by atoms with Gasteiger partial charge in [0.05, 0.1) is 0 Å². The van der Waals surface area contributed by atoms with Gasteiger partial charge in [0.25, 0.3) is 0 Å². The van der Waals surface area contributed by atoms with Crippen molar-refractivity contribution < 1.29 is 8.78 Å². The molecule has 4 nitrogen and oxygen atoms in total. The first kappa shape index (κ1) is 15.6. The van der Waals surface area contributed by atoms with Crippen LogP contribution in [0.3, 0.4) is 0 Å². The second-order valence-electron chi connectivity index (χ2n) is 5.04. The number of benzene rings is 1. The Morgan fingerprint density at radius 3 is 2.71 bits per heavy atom. The Labute approximate surface area is 123 Å². The molecule has 0 fully saturated rings. The molecule has 0 radical (unpaired) electrons. The van der Waals surface area contributed by atoms with E-state index in [-0.39, 0.29) is 6.04 Å². The minimum absolute atomic E-state index is 0.0923. The van der Waals surface area contributed by atoms with Crippen molar-refractivity contribution in [1.29, 1.82) is 0 Å². The summed E-state index contributed by atoms with van der Waals surface area (Å²) in [7, 11) is 1.85. The molecular formula is C15H20F2N4. The zero-order chi connectivity index (χ0) is 15.2. The maximum Gasteiger partial charge on any atom is 0.159 e. The molecule has 0 amide bonds. The highest BCUT2D eigenvalue weighted by Crippen LogP contribution is 2.12. The largest absolute Gasteiger partial charge is 0.316 e. The monoisotopic (exact) mass is 294 g/mol. The average Bonchev–Trinajstić information content (AvgIpc) is 2.90. The molecule has 1 heterocycles. The minimum Gasteiger partial charge on any atom is -0.316 e. The van der Waals surface area contributed by atoms with E-state index >= 15 is 0 Å². The smallest absolute Gasteiger partial charge is 0.159 e. The van der Waals surface area contributed by atoms with E-state index in [0.29, 0.717) is 12.8 Å². The number of aromatic nitrogens is 3. The Morgan fingerprint density at radius 1 is 1.24 bits per heavy atom. The molecule has 6 heteroatoms. The van der Waals surface area contributed by atoms with E-state index in [1.807, 2.05) is 11.7 Å². The maximum atomic E-state index is 13.3. The Balaban J connectivity index is 2.05. The van der Waals surface area contributed by atoms with Gasteiger partial charge in [0, 0.05) is 19.0 Å². The molecule has 1 unspecified atom stereocenters. The van der Waals surface area contributed by atoms with E-state index in [4.69, 9.17) is 0 Å². The van der Waals surface area contributed by atoms with E-state index in [1.54, 1.807) is 12.4 Å². The zero-order valence-corrected chi connectivity index (χ0v) is 12.3. The topological polar surface area (TPSA) is 42.7 Å². The quantitative estimate of drug-likeness (QED) is 0.852. The summed E-state index contributed by atoms with van der Waals surface area (Å²) in [6, 6.07) is 4.11. The van der Waals surface area contributed by atoms with Gasteiger partial charge in [-0.05, 0) is 37.6 Å². The molecule has 1 N–H and O–H groups in total. The van der Waals surface area contributed by atoms with Crippen molar-refractivity contribution >= 4 is 0 Å². The van der Waals surface area contributed by atoms with Crippen LogP contribution in [0.25, 0.3) is 0 Å². The van der Waals surface area contributed by atoms with Crippen LogP contribution < -0.4 is 5.32 Å². The third-order valence-electron chi connectivity index (χ3n) is 3.43. The van der Waals surface area contributed by atoms with E-state index in [9.17, 15) is 8.78 Å². The second-order valence-corrected chi connectivity index (χ2v) is 5.04. The number of hydrogen-bond acceptors (Lipinski definition) is 3. The van der Waals surface area contributed by atoms with Gasteiger partial charge in [0.2, 0.25) is 0 Å². The van der Waals surface area contributed by atoms with Crippen LogP contribution in [0.4, 0.5) is 8.78 Å². The number of rotatable bonds is 7. The van der Waals surface area contributed by atoms with Gasteiger partial charge < -0.3 is 5.32 Å². The zero-order valence-electron chi connectivity index (χ0n) is 12.3. The van der Waals surface area contributed by atoms with Crippen LogP contribution in [-0.4, -0.2) is 27.9 Å². The summed E-state index contributed by atoms with van der Waals surface area (Å²) in [5.74, 6) is -0.724. The molecular weight excluding hydrogens is 274 g/mol. The van der Waals surface area contributed by atoms with E-state index in [2.05, 4.69) is 22.3 Å². The number of halogens is 2. The van der Waals surface area contributed by atoms with Crippen molar-refractivity contribution in [3.05, 3.63) is 47.5 Å². The van der Waals surface area contributed by atoms with Crippen LogP contribution in [0, 0.1) is 11.6 Å². The van der Waals surface area contributed by atoms with Crippen LogP contribution in [0.15, 0.2) is 24.5 Å². The molecule has 0 saturated carbocycles. The standard InChI is InChI=1S/C15H20F2N4/c1-3-6-21-15(19-10-20-21)9-12(18-2)7-11-4-5-13(16)14(17)8-11/h4-5,8,10,12,18H,3,6-7,9H2,1-2H3. The van der Waals surface area contributed by atoms with E-state index in [0.717, 1.165) is 30.4 Å². The van der Waals surface area contributed by atoms with Crippen LogP contribution in [0.5, 0.6) is 0 Å². The highest BCUT2D eigenvalue weighted by molar-refractivity contribution is 5.19. The van der Waals surface area contributed by atoms with Crippen molar-refractivity contribution in [3.8, 4) is 0 Å². The summed E-state index contributed by atoms with van der Waals surface area (Å²) in [6.07, 6.45) is 3.83. The Bertz CT molecular complexity index is 583. The predicted octanol–water partition coefficient (Wildman–Crippen LogP) is 2.34. The summed E-state index contributed by atoms with van der Waals surface area (Å²) in [5.41, 5.74) is 0.759. The van der Waals surface area contributed by atoms with Gasteiger partial charge in [-0.1, -0.05) is 13.0 Å². The molecule has 0 aliphatic carbocycles. The van der Waals surface area contributed by atoms with Gasteiger partial charge >= 0.3 is 0 Å². The fourth-order valence-electron chi connectivity index (χ4n) is 2.29. The van der Waals surface area contributed by atoms with Crippen LogP contribution in [0.1, 0.15) is 24.7 Å². The Morgan fingerprint density at radius 2 is 2.05 bits per heavy atom. The molecule has 1 atom stereocenters. The molecule has 0 spiro atoms. The number of nitrogens with one attached hydrogen (secondary N) is 1. The summed E-state index contributed by atoms with van der Waals surface area (Å²) < 4.78 is 28.1. The fourth-order valence-corrected chi connectivity index (χ4v) is 2.29. The van der Waals surface area contributed by atoms with Crippen molar-refractivity contribution in [1.82, 2.24) is 20.1 Å². The van der Waals surface area contributed by atoms with Crippen LogP contribution in [0.2, 0.25) is 0 Å². The van der Waals surface area contributed by atoms with E-state index in [1.165, 1.54) is 6.07 Å². The summed E-state index contributed by atoms with van der Waals surface area (Å²) in [5, 5.41) is 7.39. The first-order chi connectivity index (χ1) is 10.1. The van der Waals surface area contributed by atoms with Crippen molar-refractivity contribution in [2.75, 3.05) is 7.05 Å². The maximum absolute atomic E-state index is 13.3. The fraction of sp³-hybridized carbons (Fsp3) is 0.467. The van der Waals surface area contributed by atoms with Crippen molar-refractivity contribution in [2.24, 2.45) is 0 Å². The van der Waals surface area contributed by atoms with Gasteiger partial charge in [-0.3, -0.25) is 4.68 Å². The van der Waals surface area contributed by atoms with Gasteiger partial charge in [-0.2, -0.15) is 5.10 Å². The first-order valence-corrected chi connectivity index (χ1v) is 7.12. The molecule has 2 rings (SSSR count). The normalized spacial score (nSPS) is 12.6. The lowest BCUT2D eigenvalue weighted by Crippen LogP contribution is -2.31. The lowest BCUT2D eigenvalue weighted by molar-refractivity contribution is 0.492. The molecule has 0 aliphatic rings. The molecule has 2 aromatic rings. The summed E-state index contributed by atoms with van der Waals surface area (Å²) in [4.78, 5) is 4.27. The molecule has 1 aromatic carbocycles. The molecule has 0 aliphatic heterocycles. The molecule has 114 valence electrons. The van der Waals surface area contributed by atoms with E-state index < -0.39 is 11.6 Å². The van der Waals surface area contributed by atoms with Crippen molar-refractivity contribution in [2.45, 2.75) is 38.8 Å². The predicted molar refractivity (Wildman–Crippen MR) is 76.9 cm³/mol. The third-order valence-corrected chi connectivity index (χ3v) is 3.43. The molecule has 0 bridgehead atoms. The van der Waals surface area contributed by atoms with Crippen molar-refractivity contribution in [3.63, 3.8) is 0 Å². The Hall–Kier alpha value is -1.82.